The van der Waals surface area contributed by atoms with E-state index in [1.54, 1.807) is 11.8 Å². The van der Waals surface area contributed by atoms with E-state index in [-0.39, 0.29) is 5.91 Å². The van der Waals surface area contributed by atoms with Crippen molar-refractivity contribution in [1.82, 2.24) is 4.90 Å². The summed E-state index contributed by atoms with van der Waals surface area (Å²) >= 11 is 0. The Hall–Kier alpha value is -0.970. The lowest BCUT2D eigenvalue weighted by atomic mass is 9.79. The maximum atomic E-state index is 11.2. The van der Waals surface area contributed by atoms with Gasteiger partial charge in [-0.15, -0.1) is 0 Å². The van der Waals surface area contributed by atoms with Crippen molar-refractivity contribution in [3.63, 3.8) is 0 Å². The number of rotatable bonds is 1. The minimum absolute atomic E-state index is 0.0246. The average Bonchev–Trinajstić information content (AvgIpc) is 1.99. The lowest BCUT2D eigenvalue weighted by Crippen LogP contribution is -2.56. The number of likely N-dealkylation sites (tertiary alicyclic amines) is 1. The van der Waals surface area contributed by atoms with Gasteiger partial charge in [-0.1, -0.05) is 19.8 Å². The molecule has 0 aliphatic carbocycles. The average molecular weight is 165 g/mol. The van der Waals surface area contributed by atoms with Crippen LogP contribution in [0.3, 0.4) is 0 Å². The van der Waals surface area contributed by atoms with Crippen LogP contribution in [-0.4, -0.2) is 23.9 Å². The van der Waals surface area contributed by atoms with Gasteiger partial charge in [-0.25, -0.2) is 0 Å². The molecule has 1 fully saturated rings. The Balaban J connectivity index is 2.42. The molecule has 1 saturated heterocycles. The van der Waals surface area contributed by atoms with Gasteiger partial charge in [0.25, 0.3) is 5.91 Å². The molecule has 1 aliphatic heterocycles. The van der Waals surface area contributed by atoms with Crippen LogP contribution in [0.2, 0.25) is 0 Å². The highest BCUT2D eigenvalue weighted by Crippen LogP contribution is 2.32. The van der Waals surface area contributed by atoms with Gasteiger partial charge in [0.2, 0.25) is 0 Å². The summed E-state index contributed by atoms with van der Waals surface area (Å²) in [4.78, 5) is 13.0. The molecule has 0 aromatic carbocycles. The maximum absolute atomic E-state index is 11.2. The van der Waals surface area contributed by atoms with Crippen molar-refractivity contribution >= 4 is 5.91 Å². The Morgan fingerprint density at radius 2 is 2.17 bits per heavy atom. The number of amides is 1. The Bertz CT molecular complexity index is 240. The first-order chi connectivity index (χ1) is 5.61. The van der Waals surface area contributed by atoms with Crippen molar-refractivity contribution in [3.05, 3.63) is 0 Å². The molecule has 0 unspecified atom stereocenters. The summed E-state index contributed by atoms with van der Waals surface area (Å²) in [7, 11) is 0. The van der Waals surface area contributed by atoms with Gasteiger partial charge in [0.15, 0.2) is 0 Å². The molecule has 0 saturated carbocycles. The van der Waals surface area contributed by atoms with Crippen molar-refractivity contribution in [2.75, 3.05) is 13.1 Å². The molecule has 1 amide bonds. The third kappa shape index (κ3) is 1.61. The third-order valence-corrected chi connectivity index (χ3v) is 2.52. The molecule has 2 nitrogen and oxygen atoms in total. The van der Waals surface area contributed by atoms with Crippen molar-refractivity contribution in [2.24, 2.45) is 5.41 Å². The number of hydrogen-bond donors (Lipinski definition) is 0. The van der Waals surface area contributed by atoms with Gasteiger partial charge in [0.05, 0.1) is 0 Å². The van der Waals surface area contributed by atoms with Gasteiger partial charge in [-0.05, 0) is 19.3 Å². The molecule has 2 heteroatoms. The zero-order chi connectivity index (χ0) is 9.19. The number of hydrogen-bond acceptors (Lipinski definition) is 1. The smallest absolute Gasteiger partial charge is 0.298 e. The molecular formula is C10H15NO. The molecule has 0 N–H and O–H groups in total. The van der Waals surface area contributed by atoms with Crippen molar-refractivity contribution < 1.29 is 4.79 Å². The fraction of sp³-hybridized carbons (Fsp3) is 0.700. The first-order valence-corrected chi connectivity index (χ1v) is 4.33. The van der Waals surface area contributed by atoms with Gasteiger partial charge < -0.3 is 4.90 Å². The number of carbonyl (C=O) groups is 1. The number of nitrogens with zero attached hydrogens (tertiary/aromatic N) is 1. The zero-order valence-corrected chi connectivity index (χ0v) is 7.98. The molecule has 0 atom stereocenters. The minimum Gasteiger partial charge on any atom is -0.331 e. The summed E-state index contributed by atoms with van der Waals surface area (Å²) in [5.74, 6) is 5.14. The van der Waals surface area contributed by atoms with Crippen LogP contribution >= 0.6 is 0 Å². The van der Waals surface area contributed by atoms with E-state index in [1.807, 2.05) is 0 Å². The lowest BCUT2D eigenvalue weighted by Gasteiger charge is -2.46. The second-order valence-electron chi connectivity index (χ2n) is 3.70. The zero-order valence-electron chi connectivity index (χ0n) is 7.98. The first-order valence-electron chi connectivity index (χ1n) is 4.33. The molecular weight excluding hydrogens is 150 g/mol. The molecule has 1 aliphatic rings. The van der Waals surface area contributed by atoms with Crippen LogP contribution in [0.5, 0.6) is 0 Å². The molecule has 1 heterocycles. The highest BCUT2D eigenvalue weighted by atomic mass is 16.2. The number of carbonyl (C=O) groups excluding carboxylic acids is 1. The summed E-state index contributed by atoms with van der Waals surface area (Å²) in [6.45, 7) is 7.80. The predicted octanol–water partition coefficient (Wildman–Crippen LogP) is 1.27. The van der Waals surface area contributed by atoms with Crippen molar-refractivity contribution in [2.45, 2.75) is 27.2 Å². The van der Waals surface area contributed by atoms with E-state index in [9.17, 15) is 4.79 Å². The summed E-state index contributed by atoms with van der Waals surface area (Å²) in [6.07, 6.45) is 1.14. The highest BCUT2D eigenvalue weighted by Gasteiger charge is 2.38. The normalized spacial score (nSPS) is 19.1. The van der Waals surface area contributed by atoms with Crippen LogP contribution in [0.1, 0.15) is 27.2 Å². The van der Waals surface area contributed by atoms with Gasteiger partial charge >= 0.3 is 0 Å². The third-order valence-electron chi connectivity index (χ3n) is 2.52. The topological polar surface area (TPSA) is 20.3 Å². The van der Waals surface area contributed by atoms with Crippen LogP contribution in [0.4, 0.5) is 0 Å². The summed E-state index contributed by atoms with van der Waals surface area (Å²) in [5, 5.41) is 0. The van der Waals surface area contributed by atoms with E-state index in [2.05, 4.69) is 25.7 Å². The molecule has 0 aromatic rings. The highest BCUT2D eigenvalue weighted by molar-refractivity contribution is 5.94. The van der Waals surface area contributed by atoms with Crippen LogP contribution in [0, 0.1) is 17.3 Å². The van der Waals surface area contributed by atoms with E-state index in [4.69, 9.17) is 0 Å². The summed E-state index contributed by atoms with van der Waals surface area (Å²) < 4.78 is 0. The Morgan fingerprint density at radius 1 is 1.58 bits per heavy atom. The van der Waals surface area contributed by atoms with E-state index in [1.165, 1.54) is 0 Å². The monoisotopic (exact) mass is 165 g/mol. The van der Waals surface area contributed by atoms with Crippen LogP contribution < -0.4 is 0 Å². The molecule has 0 radical (unpaired) electrons. The molecule has 0 aromatic heterocycles. The van der Waals surface area contributed by atoms with Crippen LogP contribution in [-0.2, 0) is 4.79 Å². The lowest BCUT2D eigenvalue weighted by molar-refractivity contribution is -0.136. The molecule has 1 rings (SSSR count). The maximum Gasteiger partial charge on any atom is 0.298 e. The van der Waals surface area contributed by atoms with Gasteiger partial charge in [-0.2, -0.15) is 0 Å². The van der Waals surface area contributed by atoms with Gasteiger partial charge in [-0.3, -0.25) is 4.79 Å². The van der Waals surface area contributed by atoms with E-state index >= 15 is 0 Å². The SMILES string of the molecule is CC#CC(=O)N1CC(C)(CC)C1. The van der Waals surface area contributed by atoms with Crippen molar-refractivity contribution in [3.8, 4) is 11.8 Å². The van der Waals surface area contributed by atoms with Gasteiger partial charge in [0, 0.05) is 18.5 Å². The summed E-state index contributed by atoms with van der Waals surface area (Å²) in [6, 6.07) is 0. The summed E-state index contributed by atoms with van der Waals surface area (Å²) in [5.41, 5.74) is 0.352. The quantitative estimate of drug-likeness (QED) is 0.536. The Morgan fingerprint density at radius 3 is 2.58 bits per heavy atom. The standard InChI is InChI=1S/C10H15NO/c1-4-6-9(12)11-7-10(3,5-2)8-11/h5,7-8H2,1-3H3. The Labute approximate surface area is 73.9 Å². The predicted molar refractivity (Wildman–Crippen MR) is 48.4 cm³/mol. The van der Waals surface area contributed by atoms with Gasteiger partial charge in [0.1, 0.15) is 0 Å². The second-order valence-corrected chi connectivity index (χ2v) is 3.70. The fourth-order valence-corrected chi connectivity index (χ4v) is 1.43. The Kier molecular flexibility index (Phi) is 2.42. The largest absolute Gasteiger partial charge is 0.331 e. The van der Waals surface area contributed by atoms with Crippen LogP contribution in [0.15, 0.2) is 0 Å². The second kappa shape index (κ2) is 3.18. The van der Waals surface area contributed by atoms with Crippen molar-refractivity contribution in [1.29, 1.82) is 0 Å². The first kappa shape index (κ1) is 9.12. The van der Waals surface area contributed by atoms with E-state index < -0.39 is 0 Å². The molecule has 0 bridgehead atoms. The fourth-order valence-electron chi connectivity index (χ4n) is 1.43. The van der Waals surface area contributed by atoms with E-state index in [0.717, 1.165) is 19.5 Å². The van der Waals surface area contributed by atoms with Crippen LogP contribution in [0.25, 0.3) is 0 Å². The molecule has 0 spiro atoms. The minimum atomic E-state index is -0.0246. The molecule has 12 heavy (non-hydrogen) atoms. The molecule has 66 valence electrons. The van der Waals surface area contributed by atoms with E-state index in [0.29, 0.717) is 5.41 Å².